The number of halogens is 5. The Bertz CT molecular complexity index is 597. The molecule has 2 rings (SSSR count). The van der Waals surface area contributed by atoms with E-state index in [9.17, 15) is 8.78 Å². The third-order valence-corrected chi connectivity index (χ3v) is 4.32. The van der Waals surface area contributed by atoms with Crippen LogP contribution < -0.4 is 5.32 Å². The van der Waals surface area contributed by atoms with Gasteiger partial charge in [-0.1, -0.05) is 17.7 Å². The largest absolute Gasteiger partial charge is 0.378 e. The van der Waals surface area contributed by atoms with Crippen LogP contribution in [0.5, 0.6) is 0 Å². The molecule has 0 aliphatic heterocycles. The monoisotopic (exact) mass is 409 g/mol. The van der Waals surface area contributed by atoms with Crippen LogP contribution in [0.25, 0.3) is 0 Å². The summed E-state index contributed by atoms with van der Waals surface area (Å²) in [5.41, 5.74) is 1.12. The van der Waals surface area contributed by atoms with Crippen molar-refractivity contribution in [3.63, 3.8) is 0 Å². The minimum Gasteiger partial charge on any atom is -0.378 e. The zero-order valence-corrected chi connectivity index (χ0v) is 13.4. The lowest BCUT2D eigenvalue weighted by atomic mass is 10.2. The second-order valence-corrected chi connectivity index (χ2v) is 5.96. The smallest absolute Gasteiger partial charge is 0.150 e. The van der Waals surface area contributed by atoms with Gasteiger partial charge < -0.3 is 5.32 Å². The van der Waals surface area contributed by atoms with Gasteiger partial charge in [0.25, 0.3) is 0 Å². The Balaban J connectivity index is 2.16. The first-order valence-corrected chi connectivity index (χ1v) is 7.26. The molecule has 0 atom stereocenters. The third-order valence-electron chi connectivity index (χ3n) is 2.46. The number of hydrogen-bond acceptors (Lipinski definition) is 1. The van der Waals surface area contributed by atoms with E-state index in [0.717, 1.165) is 16.1 Å². The van der Waals surface area contributed by atoms with Crippen molar-refractivity contribution in [2.45, 2.75) is 6.54 Å². The van der Waals surface area contributed by atoms with Crippen LogP contribution in [0.4, 0.5) is 14.5 Å². The lowest BCUT2D eigenvalue weighted by molar-refractivity contribution is 0.583. The van der Waals surface area contributed by atoms with Crippen LogP contribution >= 0.6 is 43.5 Å². The summed E-state index contributed by atoms with van der Waals surface area (Å²) in [6.07, 6.45) is 0. The van der Waals surface area contributed by atoms with Crippen LogP contribution in [-0.4, -0.2) is 0 Å². The maximum absolute atomic E-state index is 13.6. The molecule has 0 saturated heterocycles. The van der Waals surface area contributed by atoms with Crippen molar-refractivity contribution in [1.29, 1.82) is 0 Å². The summed E-state index contributed by atoms with van der Waals surface area (Å²) < 4.78 is 27.7. The minimum absolute atomic E-state index is 0.223. The number of nitrogens with one attached hydrogen (secondary N) is 1. The van der Waals surface area contributed by atoms with Gasteiger partial charge in [-0.2, -0.15) is 0 Å². The van der Waals surface area contributed by atoms with E-state index in [-0.39, 0.29) is 5.69 Å². The maximum atomic E-state index is 13.6. The molecule has 19 heavy (non-hydrogen) atoms. The zero-order chi connectivity index (χ0) is 14.0. The molecule has 0 unspecified atom stereocenters. The fourth-order valence-corrected chi connectivity index (χ4v) is 2.55. The van der Waals surface area contributed by atoms with Gasteiger partial charge >= 0.3 is 0 Å². The normalized spacial score (nSPS) is 10.6. The van der Waals surface area contributed by atoms with E-state index in [1.54, 1.807) is 6.07 Å². The molecule has 0 saturated carbocycles. The fourth-order valence-electron chi connectivity index (χ4n) is 1.55. The van der Waals surface area contributed by atoms with Crippen LogP contribution in [0.2, 0.25) is 5.02 Å². The minimum atomic E-state index is -0.643. The maximum Gasteiger partial charge on any atom is 0.150 e. The molecule has 0 amide bonds. The van der Waals surface area contributed by atoms with Gasteiger partial charge in [-0.25, -0.2) is 8.78 Å². The second-order valence-electron chi connectivity index (χ2n) is 3.85. The number of benzene rings is 2. The molecule has 0 aliphatic carbocycles. The fraction of sp³-hybridized carbons (Fsp3) is 0.0769. The van der Waals surface area contributed by atoms with E-state index >= 15 is 0 Å². The summed E-state index contributed by atoms with van der Waals surface area (Å²) in [4.78, 5) is 0. The van der Waals surface area contributed by atoms with Crippen LogP contribution in [0, 0.1) is 11.6 Å². The molecule has 0 radical (unpaired) electrons. The predicted octanol–water partition coefficient (Wildman–Crippen LogP) is 5.76. The highest BCUT2D eigenvalue weighted by Gasteiger charge is 2.09. The van der Waals surface area contributed by atoms with Crippen LogP contribution in [0.1, 0.15) is 5.56 Å². The van der Waals surface area contributed by atoms with Crippen molar-refractivity contribution in [3.05, 3.63) is 61.5 Å². The quantitative estimate of drug-likeness (QED) is 0.678. The van der Waals surface area contributed by atoms with Crippen molar-refractivity contribution in [3.8, 4) is 0 Å². The molecule has 6 heteroatoms. The van der Waals surface area contributed by atoms with Crippen molar-refractivity contribution >= 4 is 49.1 Å². The number of hydrogen-bond donors (Lipinski definition) is 1. The Hall–Kier alpha value is -0.650. The number of rotatable bonds is 3. The molecule has 100 valence electrons. The average Bonchev–Trinajstić information content (AvgIpc) is 2.32. The Morgan fingerprint density at radius 3 is 2.42 bits per heavy atom. The first kappa shape index (κ1) is 14.8. The highest BCUT2D eigenvalue weighted by molar-refractivity contribution is 9.11. The molecule has 0 aromatic heterocycles. The molecule has 1 nitrogen and oxygen atoms in total. The molecule has 0 heterocycles. The molecular weight excluding hydrogens is 403 g/mol. The van der Waals surface area contributed by atoms with E-state index in [4.69, 9.17) is 11.6 Å². The zero-order valence-electron chi connectivity index (χ0n) is 9.48. The van der Waals surface area contributed by atoms with Gasteiger partial charge in [0.1, 0.15) is 11.6 Å². The Labute approximate surface area is 131 Å². The van der Waals surface area contributed by atoms with Gasteiger partial charge in [-0.3, -0.25) is 0 Å². The standard InChI is InChI=1S/C13H8Br2ClF2N/c14-9-2-1-7(3-11(9)16)6-19-13-10(15)4-8(17)5-12(13)18/h1-5,19H,6H2. The SMILES string of the molecule is Fc1cc(F)c(NCc2ccc(Br)c(Cl)c2)c(Br)c1. The highest BCUT2D eigenvalue weighted by atomic mass is 79.9. The molecule has 2 aromatic rings. The van der Waals surface area contributed by atoms with Crippen LogP contribution in [-0.2, 0) is 6.54 Å². The van der Waals surface area contributed by atoms with Crippen molar-refractivity contribution < 1.29 is 8.78 Å². The van der Waals surface area contributed by atoms with Crippen LogP contribution in [0.15, 0.2) is 39.3 Å². The molecule has 0 spiro atoms. The van der Waals surface area contributed by atoms with Crippen molar-refractivity contribution in [2.75, 3.05) is 5.32 Å². The van der Waals surface area contributed by atoms with Gasteiger partial charge in [-0.15, -0.1) is 0 Å². The van der Waals surface area contributed by atoms with Gasteiger partial charge in [0, 0.05) is 21.6 Å². The lowest BCUT2D eigenvalue weighted by Gasteiger charge is -2.10. The van der Waals surface area contributed by atoms with E-state index in [1.807, 2.05) is 12.1 Å². The summed E-state index contributed by atoms with van der Waals surface area (Å²) in [5.74, 6) is -1.27. The van der Waals surface area contributed by atoms with E-state index < -0.39 is 11.6 Å². The van der Waals surface area contributed by atoms with Crippen LogP contribution in [0.3, 0.4) is 0 Å². The summed E-state index contributed by atoms with van der Waals surface area (Å²) >= 11 is 12.4. The Kier molecular flexibility index (Phi) is 4.81. The summed E-state index contributed by atoms with van der Waals surface area (Å²) in [6.45, 7) is 0.383. The highest BCUT2D eigenvalue weighted by Crippen LogP contribution is 2.28. The van der Waals surface area contributed by atoms with Crippen molar-refractivity contribution in [2.24, 2.45) is 0 Å². The molecule has 1 N–H and O–H groups in total. The second kappa shape index (κ2) is 6.20. The first-order valence-electron chi connectivity index (χ1n) is 5.29. The summed E-state index contributed by atoms with van der Waals surface area (Å²) in [5, 5.41) is 3.49. The Morgan fingerprint density at radius 1 is 1.05 bits per heavy atom. The van der Waals surface area contributed by atoms with Gasteiger partial charge in [0.2, 0.25) is 0 Å². The number of anilines is 1. The molecule has 0 bridgehead atoms. The summed E-state index contributed by atoms with van der Waals surface area (Å²) in [6, 6.07) is 7.49. The van der Waals surface area contributed by atoms with Crippen molar-refractivity contribution in [1.82, 2.24) is 0 Å². The molecular formula is C13H8Br2ClF2N. The molecule has 0 fully saturated rings. The topological polar surface area (TPSA) is 12.0 Å². The first-order chi connectivity index (χ1) is 8.97. The van der Waals surface area contributed by atoms with Gasteiger partial charge in [-0.05, 0) is 55.6 Å². The predicted molar refractivity (Wildman–Crippen MR) is 80.5 cm³/mol. The van der Waals surface area contributed by atoms with E-state index in [0.29, 0.717) is 16.0 Å². The van der Waals surface area contributed by atoms with E-state index in [1.165, 1.54) is 6.07 Å². The van der Waals surface area contributed by atoms with E-state index in [2.05, 4.69) is 37.2 Å². The average molecular weight is 411 g/mol. The molecule has 2 aromatic carbocycles. The molecule has 0 aliphatic rings. The van der Waals surface area contributed by atoms with Gasteiger partial charge in [0.05, 0.1) is 10.7 Å². The lowest BCUT2D eigenvalue weighted by Crippen LogP contribution is -2.03. The Morgan fingerprint density at radius 2 is 1.79 bits per heavy atom. The summed E-state index contributed by atoms with van der Waals surface area (Å²) in [7, 11) is 0. The third kappa shape index (κ3) is 3.68. The van der Waals surface area contributed by atoms with Gasteiger partial charge in [0.15, 0.2) is 0 Å².